The van der Waals surface area contributed by atoms with Crippen molar-refractivity contribution in [3.63, 3.8) is 0 Å². The Morgan fingerprint density at radius 2 is 0.971 bits per heavy atom. The first-order chi connectivity index (χ1) is 16.4. The van der Waals surface area contributed by atoms with E-state index in [0.29, 0.717) is 58.7 Å². The molecule has 0 amide bonds. The normalized spacial score (nSPS) is 13.9. The molecule has 0 spiro atoms. The second-order valence-electron chi connectivity index (χ2n) is 10.8. The molecule has 0 aliphatic heterocycles. The molecule has 0 aliphatic rings. The molecule has 2 unspecified atom stereocenters. The summed E-state index contributed by atoms with van der Waals surface area (Å²) in [6.07, 6.45) is 15.7. The molecule has 0 radical (unpaired) electrons. The quantitative estimate of drug-likeness (QED) is 0.122. The number of nitrogens with zero attached hydrogens (tertiary/aromatic N) is 1. The first-order valence-corrected chi connectivity index (χ1v) is 14.2. The smallest absolute Gasteiger partial charge is 0.126 e. The molecule has 34 heavy (non-hydrogen) atoms. The fourth-order valence-corrected chi connectivity index (χ4v) is 4.10. The Hall–Kier alpha value is -0.240. The van der Waals surface area contributed by atoms with E-state index in [0.717, 1.165) is 11.1 Å². The number of hydrogen-bond donors (Lipinski definition) is 1. The SMILES string of the molecule is CCCCCCCCC(CCCCCC)COCCOCCOCCOCC(O)C[N+](C)(C)C. The van der Waals surface area contributed by atoms with Gasteiger partial charge in [-0.25, -0.2) is 0 Å². The van der Waals surface area contributed by atoms with Crippen molar-refractivity contribution in [2.75, 3.05) is 80.5 Å². The number of quaternary nitrogens is 1. The van der Waals surface area contributed by atoms with Crippen molar-refractivity contribution < 1.29 is 28.5 Å². The average molecular weight is 491 g/mol. The Morgan fingerprint density at radius 1 is 0.559 bits per heavy atom. The van der Waals surface area contributed by atoms with E-state index in [1.54, 1.807) is 0 Å². The minimum atomic E-state index is -0.440. The minimum absolute atomic E-state index is 0.352. The van der Waals surface area contributed by atoms with Crippen molar-refractivity contribution in [3.8, 4) is 0 Å². The van der Waals surface area contributed by atoms with Crippen molar-refractivity contribution >= 4 is 0 Å². The van der Waals surface area contributed by atoms with Crippen LogP contribution in [0.2, 0.25) is 0 Å². The van der Waals surface area contributed by atoms with Crippen molar-refractivity contribution in [2.45, 2.75) is 97.0 Å². The van der Waals surface area contributed by atoms with Gasteiger partial charge in [0, 0.05) is 6.61 Å². The Bertz CT molecular complexity index is 403. The number of ether oxygens (including phenoxy) is 4. The summed E-state index contributed by atoms with van der Waals surface area (Å²) < 4.78 is 23.3. The second-order valence-corrected chi connectivity index (χ2v) is 10.8. The zero-order valence-corrected chi connectivity index (χ0v) is 23.5. The van der Waals surface area contributed by atoms with Crippen LogP contribution in [0.4, 0.5) is 0 Å². The van der Waals surface area contributed by atoms with Crippen LogP contribution in [0.5, 0.6) is 0 Å². The van der Waals surface area contributed by atoms with Gasteiger partial charge in [-0.3, -0.25) is 0 Å². The standard InChI is InChI=1S/C28H60NO5/c1-6-8-10-12-13-15-17-27(16-14-11-9-7-2)25-33-22-20-31-18-19-32-21-23-34-26-28(30)24-29(3,4)5/h27-28,30H,6-26H2,1-5H3/q+1. The largest absolute Gasteiger partial charge is 0.385 e. The Labute approximate surface area is 212 Å². The Kier molecular flexibility index (Phi) is 24.3. The van der Waals surface area contributed by atoms with Crippen LogP contribution in [0.15, 0.2) is 0 Å². The zero-order chi connectivity index (χ0) is 25.3. The monoisotopic (exact) mass is 490 g/mol. The van der Waals surface area contributed by atoms with E-state index in [4.69, 9.17) is 18.9 Å². The van der Waals surface area contributed by atoms with Gasteiger partial charge < -0.3 is 28.5 Å². The fourth-order valence-electron chi connectivity index (χ4n) is 4.10. The zero-order valence-electron chi connectivity index (χ0n) is 23.5. The molecule has 0 aliphatic carbocycles. The van der Waals surface area contributed by atoms with Gasteiger partial charge in [0.1, 0.15) is 12.6 Å². The molecule has 1 N–H and O–H groups in total. The molecule has 6 nitrogen and oxygen atoms in total. The van der Waals surface area contributed by atoms with E-state index >= 15 is 0 Å². The van der Waals surface area contributed by atoms with E-state index in [2.05, 4.69) is 35.0 Å². The second kappa shape index (κ2) is 24.5. The highest BCUT2D eigenvalue weighted by atomic mass is 16.6. The predicted molar refractivity (Wildman–Crippen MR) is 142 cm³/mol. The molecule has 0 aromatic carbocycles. The van der Waals surface area contributed by atoms with Gasteiger partial charge >= 0.3 is 0 Å². The summed E-state index contributed by atoms with van der Waals surface area (Å²) in [5.41, 5.74) is 0. The number of aliphatic hydroxyl groups excluding tert-OH is 1. The maximum Gasteiger partial charge on any atom is 0.126 e. The lowest BCUT2D eigenvalue weighted by atomic mass is 9.95. The molecule has 0 aromatic heterocycles. The maximum absolute atomic E-state index is 9.90. The molecule has 0 heterocycles. The van der Waals surface area contributed by atoms with Crippen molar-refractivity contribution in [1.29, 1.82) is 0 Å². The van der Waals surface area contributed by atoms with Crippen LogP contribution >= 0.6 is 0 Å². The number of hydrogen-bond acceptors (Lipinski definition) is 5. The van der Waals surface area contributed by atoms with Crippen molar-refractivity contribution in [2.24, 2.45) is 5.92 Å². The molecule has 2 atom stereocenters. The summed E-state index contributed by atoms with van der Waals surface area (Å²) in [7, 11) is 6.17. The highest BCUT2D eigenvalue weighted by Crippen LogP contribution is 2.19. The average Bonchev–Trinajstić information content (AvgIpc) is 2.77. The van der Waals surface area contributed by atoms with Gasteiger partial charge in [-0.2, -0.15) is 0 Å². The summed E-state index contributed by atoms with van der Waals surface area (Å²) in [6, 6.07) is 0. The van der Waals surface area contributed by atoms with Crippen LogP contribution in [0.25, 0.3) is 0 Å². The fraction of sp³-hybridized carbons (Fsp3) is 1.00. The summed E-state index contributed by atoms with van der Waals surface area (Å²) in [5, 5.41) is 9.90. The predicted octanol–water partition coefficient (Wildman–Crippen LogP) is 5.46. The summed E-state index contributed by atoms with van der Waals surface area (Å²) in [5.74, 6) is 0.701. The van der Waals surface area contributed by atoms with Gasteiger partial charge in [0.15, 0.2) is 0 Å². The van der Waals surface area contributed by atoms with Crippen LogP contribution in [0, 0.1) is 5.92 Å². The molecular weight excluding hydrogens is 430 g/mol. The minimum Gasteiger partial charge on any atom is -0.385 e. The topological polar surface area (TPSA) is 57.2 Å². The van der Waals surface area contributed by atoms with Crippen LogP contribution in [0.1, 0.15) is 90.9 Å². The van der Waals surface area contributed by atoms with E-state index in [1.807, 2.05) is 0 Å². The number of aliphatic hydroxyl groups is 1. The lowest BCUT2D eigenvalue weighted by Gasteiger charge is -2.26. The van der Waals surface area contributed by atoms with Gasteiger partial charge in [0.25, 0.3) is 0 Å². The summed E-state index contributed by atoms with van der Waals surface area (Å²) >= 11 is 0. The van der Waals surface area contributed by atoms with E-state index < -0.39 is 6.10 Å². The summed E-state index contributed by atoms with van der Waals surface area (Å²) in [6.45, 7) is 9.89. The Balaban J connectivity index is 3.64. The van der Waals surface area contributed by atoms with E-state index in [9.17, 15) is 5.11 Å². The number of likely N-dealkylation sites (N-methyl/N-ethyl adjacent to an activating group) is 1. The molecular formula is C28H60NO5+. The first kappa shape index (κ1) is 33.8. The molecule has 0 rings (SSSR count). The van der Waals surface area contributed by atoms with Crippen molar-refractivity contribution in [3.05, 3.63) is 0 Å². The third kappa shape index (κ3) is 26.4. The maximum atomic E-state index is 9.90. The van der Waals surface area contributed by atoms with E-state index in [-0.39, 0.29) is 0 Å². The molecule has 0 bridgehead atoms. The van der Waals surface area contributed by atoms with Crippen LogP contribution < -0.4 is 0 Å². The molecule has 6 heteroatoms. The molecule has 0 saturated carbocycles. The van der Waals surface area contributed by atoms with Gasteiger partial charge in [-0.05, 0) is 18.8 Å². The van der Waals surface area contributed by atoms with Gasteiger partial charge in [0.2, 0.25) is 0 Å². The lowest BCUT2D eigenvalue weighted by Crippen LogP contribution is -2.43. The highest BCUT2D eigenvalue weighted by Gasteiger charge is 2.15. The molecule has 0 aromatic rings. The van der Waals surface area contributed by atoms with Crippen LogP contribution in [0.3, 0.4) is 0 Å². The van der Waals surface area contributed by atoms with Crippen LogP contribution in [-0.4, -0.2) is 96.2 Å². The van der Waals surface area contributed by atoms with Gasteiger partial charge in [-0.1, -0.05) is 78.1 Å². The van der Waals surface area contributed by atoms with Gasteiger partial charge in [-0.15, -0.1) is 0 Å². The highest BCUT2D eigenvalue weighted by molar-refractivity contribution is 4.60. The number of rotatable bonds is 27. The Morgan fingerprint density at radius 3 is 1.47 bits per heavy atom. The van der Waals surface area contributed by atoms with Crippen LogP contribution in [-0.2, 0) is 18.9 Å². The lowest BCUT2D eigenvalue weighted by molar-refractivity contribution is -0.873. The van der Waals surface area contributed by atoms with E-state index in [1.165, 1.54) is 77.0 Å². The van der Waals surface area contributed by atoms with Gasteiger partial charge in [0.05, 0.1) is 67.4 Å². The first-order valence-electron chi connectivity index (χ1n) is 14.2. The molecule has 206 valence electrons. The third-order valence-electron chi connectivity index (χ3n) is 5.97. The molecule has 0 fully saturated rings. The third-order valence-corrected chi connectivity index (χ3v) is 5.97. The van der Waals surface area contributed by atoms with Crippen molar-refractivity contribution in [1.82, 2.24) is 0 Å². The summed E-state index contributed by atoms with van der Waals surface area (Å²) in [4.78, 5) is 0. The molecule has 0 saturated heterocycles. The number of unbranched alkanes of at least 4 members (excludes halogenated alkanes) is 8.